The molecule has 0 fully saturated rings. The van der Waals surface area contributed by atoms with Crippen molar-refractivity contribution in [2.24, 2.45) is 14.1 Å². The molecule has 0 atom stereocenters. The molecule has 1 aromatic heterocycles. The SMILES string of the molecule is Cn1c2ccc(-c3ccc(C(=O)C(=O)O)cc3)cc2c[n+]1C. The highest BCUT2D eigenvalue weighted by atomic mass is 16.4. The number of ketones is 1. The molecule has 110 valence electrons. The number of carboxylic acids is 1. The predicted octanol–water partition coefficient (Wildman–Crippen LogP) is 1.94. The first kappa shape index (κ1) is 14.0. The minimum absolute atomic E-state index is 0.184. The Hall–Kier alpha value is -2.95. The number of aromatic nitrogens is 2. The summed E-state index contributed by atoms with van der Waals surface area (Å²) in [4.78, 5) is 22.1. The Balaban J connectivity index is 2.00. The summed E-state index contributed by atoms with van der Waals surface area (Å²) in [6.45, 7) is 0. The number of Topliss-reactive ketones (excluding diaryl/α,β-unsaturated/α-hetero) is 1. The van der Waals surface area contributed by atoms with Crippen molar-refractivity contribution >= 4 is 22.7 Å². The lowest BCUT2D eigenvalue weighted by Gasteiger charge is -2.03. The number of benzene rings is 2. The summed E-state index contributed by atoms with van der Waals surface area (Å²) in [5.41, 5.74) is 3.27. The third kappa shape index (κ3) is 2.26. The second-order valence-corrected chi connectivity index (χ2v) is 5.21. The predicted molar refractivity (Wildman–Crippen MR) is 81.5 cm³/mol. The van der Waals surface area contributed by atoms with Crippen molar-refractivity contribution in [1.29, 1.82) is 0 Å². The van der Waals surface area contributed by atoms with Gasteiger partial charge in [0.15, 0.2) is 7.05 Å². The summed E-state index contributed by atoms with van der Waals surface area (Å²) < 4.78 is 4.05. The van der Waals surface area contributed by atoms with Gasteiger partial charge >= 0.3 is 5.97 Å². The van der Waals surface area contributed by atoms with Crippen LogP contribution in [0.4, 0.5) is 0 Å². The molecule has 0 bridgehead atoms. The third-order valence-corrected chi connectivity index (χ3v) is 3.85. The number of carbonyl (C=O) groups is 2. The molecule has 0 amide bonds. The zero-order chi connectivity index (χ0) is 15.9. The fourth-order valence-electron chi connectivity index (χ4n) is 2.53. The van der Waals surface area contributed by atoms with Gasteiger partial charge in [-0.3, -0.25) is 4.79 Å². The third-order valence-electron chi connectivity index (χ3n) is 3.85. The van der Waals surface area contributed by atoms with Crippen LogP contribution in [0, 0.1) is 0 Å². The summed E-state index contributed by atoms with van der Waals surface area (Å²) in [5, 5.41) is 9.83. The Morgan fingerprint density at radius 1 is 1.05 bits per heavy atom. The van der Waals surface area contributed by atoms with Gasteiger partial charge in [-0.15, -0.1) is 4.68 Å². The molecule has 0 unspecified atom stereocenters. The van der Waals surface area contributed by atoms with Crippen molar-refractivity contribution in [3.8, 4) is 11.1 Å². The molecular weight excluding hydrogens is 280 g/mol. The van der Waals surface area contributed by atoms with Gasteiger partial charge < -0.3 is 5.11 Å². The van der Waals surface area contributed by atoms with Crippen LogP contribution < -0.4 is 4.68 Å². The molecule has 0 saturated carbocycles. The van der Waals surface area contributed by atoms with Crippen molar-refractivity contribution in [2.75, 3.05) is 0 Å². The van der Waals surface area contributed by atoms with Crippen molar-refractivity contribution in [2.45, 2.75) is 0 Å². The maximum atomic E-state index is 11.4. The van der Waals surface area contributed by atoms with Gasteiger partial charge in [0.2, 0.25) is 6.20 Å². The van der Waals surface area contributed by atoms with Gasteiger partial charge in [0.05, 0.1) is 12.4 Å². The summed E-state index contributed by atoms with van der Waals surface area (Å²) in [6.07, 6.45) is 2.04. The van der Waals surface area contributed by atoms with Crippen LogP contribution >= 0.6 is 0 Å². The zero-order valence-corrected chi connectivity index (χ0v) is 12.3. The Kier molecular flexibility index (Phi) is 3.25. The molecule has 1 heterocycles. The van der Waals surface area contributed by atoms with E-state index in [-0.39, 0.29) is 5.56 Å². The van der Waals surface area contributed by atoms with Crippen LogP contribution in [0.15, 0.2) is 48.7 Å². The molecule has 0 aliphatic carbocycles. The summed E-state index contributed by atoms with van der Waals surface area (Å²) in [5.74, 6) is -2.33. The van der Waals surface area contributed by atoms with E-state index in [4.69, 9.17) is 5.11 Å². The minimum atomic E-state index is -1.44. The van der Waals surface area contributed by atoms with Gasteiger partial charge in [0, 0.05) is 5.56 Å². The van der Waals surface area contributed by atoms with Crippen molar-refractivity contribution in [1.82, 2.24) is 4.68 Å². The van der Waals surface area contributed by atoms with Crippen molar-refractivity contribution in [3.63, 3.8) is 0 Å². The molecule has 3 rings (SSSR count). The minimum Gasteiger partial charge on any atom is -0.475 e. The molecule has 2 aromatic carbocycles. The molecule has 0 aliphatic heterocycles. The Morgan fingerprint density at radius 3 is 2.32 bits per heavy atom. The number of rotatable bonds is 3. The monoisotopic (exact) mass is 295 g/mol. The van der Waals surface area contributed by atoms with E-state index in [0.717, 1.165) is 22.0 Å². The highest BCUT2D eigenvalue weighted by molar-refractivity contribution is 6.39. The molecule has 3 aromatic rings. The number of aryl methyl sites for hydroxylation is 2. The number of fused-ring (bicyclic) bond motifs is 1. The van der Waals surface area contributed by atoms with E-state index in [9.17, 15) is 9.59 Å². The fourth-order valence-corrected chi connectivity index (χ4v) is 2.53. The number of aliphatic carboxylic acids is 1. The first-order chi connectivity index (χ1) is 10.5. The Bertz CT molecular complexity index is 892. The average Bonchev–Trinajstić information content (AvgIpc) is 2.81. The molecule has 0 spiro atoms. The number of carbonyl (C=O) groups excluding carboxylic acids is 1. The van der Waals surface area contributed by atoms with Crippen LogP contribution in [0.1, 0.15) is 10.4 Å². The number of hydrogen-bond donors (Lipinski definition) is 1. The molecule has 5 heteroatoms. The van der Waals surface area contributed by atoms with Crippen LogP contribution in [0.5, 0.6) is 0 Å². The molecule has 5 nitrogen and oxygen atoms in total. The molecule has 1 N–H and O–H groups in total. The first-order valence-corrected chi connectivity index (χ1v) is 6.81. The maximum absolute atomic E-state index is 11.4. The highest BCUT2D eigenvalue weighted by Crippen LogP contribution is 2.24. The van der Waals surface area contributed by atoms with Gasteiger partial charge in [-0.1, -0.05) is 30.3 Å². The smallest absolute Gasteiger partial charge is 0.377 e. The second kappa shape index (κ2) is 5.11. The molecule has 0 radical (unpaired) electrons. The van der Waals surface area contributed by atoms with Gasteiger partial charge in [0.1, 0.15) is 5.52 Å². The largest absolute Gasteiger partial charge is 0.475 e. The fraction of sp³-hybridized carbons (Fsp3) is 0.118. The van der Waals surface area contributed by atoms with Crippen molar-refractivity contribution < 1.29 is 19.4 Å². The molecule has 22 heavy (non-hydrogen) atoms. The average molecular weight is 295 g/mol. The quantitative estimate of drug-likeness (QED) is 0.456. The Morgan fingerprint density at radius 2 is 1.68 bits per heavy atom. The lowest BCUT2D eigenvalue weighted by molar-refractivity contribution is -0.748. The number of nitrogens with zero attached hydrogens (tertiary/aromatic N) is 2. The standard InChI is InChI=1S/C17H14N2O3/c1-18-10-14-9-13(7-8-15(14)19(18)2)11-3-5-12(6-4-11)16(20)17(21)22/h3-10H,1-2H3/p+1. The lowest BCUT2D eigenvalue weighted by atomic mass is 10.0. The second-order valence-electron chi connectivity index (χ2n) is 5.21. The summed E-state index contributed by atoms with van der Waals surface area (Å²) >= 11 is 0. The van der Waals surface area contributed by atoms with Gasteiger partial charge in [-0.25, -0.2) is 4.79 Å². The van der Waals surface area contributed by atoms with Crippen LogP contribution in [0.25, 0.3) is 22.0 Å². The van der Waals surface area contributed by atoms with E-state index >= 15 is 0 Å². The molecule has 0 aliphatic rings. The maximum Gasteiger partial charge on any atom is 0.377 e. The van der Waals surface area contributed by atoms with E-state index in [1.807, 2.05) is 41.8 Å². The molecular formula is C17H15N2O3+. The van der Waals surface area contributed by atoms with Crippen LogP contribution in [0.2, 0.25) is 0 Å². The van der Waals surface area contributed by atoms with E-state index in [1.54, 1.807) is 24.3 Å². The lowest BCUT2D eigenvalue weighted by Crippen LogP contribution is -2.35. The normalized spacial score (nSPS) is 10.8. The van der Waals surface area contributed by atoms with Crippen LogP contribution in [-0.4, -0.2) is 21.5 Å². The number of hydrogen-bond acceptors (Lipinski definition) is 2. The van der Waals surface area contributed by atoms with E-state index in [2.05, 4.69) is 6.07 Å². The van der Waals surface area contributed by atoms with Crippen LogP contribution in [-0.2, 0) is 18.9 Å². The Labute approximate surface area is 127 Å². The summed E-state index contributed by atoms with van der Waals surface area (Å²) in [6, 6.07) is 12.7. The van der Waals surface area contributed by atoms with E-state index < -0.39 is 11.8 Å². The van der Waals surface area contributed by atoms with Gasteiger partial charge in [-0.05, 0) is 23.3 Å². The van der Waals surface area contributed by atoms with E-state index in [1.165, 1.54) is 0 Å². The van der Waals surface area contributed by atoms with Gasteiger partial charge in [0.25, 0.3) is 5.78 Å². The van der Waals surface area contributed by atoms with Crippen LogP contribution in [0.3, 0.4) is 0 Å². The van der Waals surface area contributed by atoms with E-state index in [0.29, 0.717) is 0 Å². The number of carboxylic acid groups (broad SMARTS) is 1. The summed E-state index contributed by atoms with van der Waals surface area (Å²) in [7, 11) is 3.97. The molecule has 0 saturated heterocycles. The zero-order valence-electron chi connectivity index (χ0n) is 12.3. The van der Waals surface area contributed by atoms with Gasteiger partial charge in [-0.2, -0.15) is 4.68 Å². The van der Waals surface area contributed by atoms with Crippen molar-refractivity contribution in [3.05, 3.63) is 54.2 Å². The topological polar surface area (TPSA) is 63.2 Å². The highest BCUT2D eigenvalue weighted by Gasteiger charge is 2.14. The first-order valence-electron chi connectivity index (χ1n) is 6.81.